The van der Waals surface area contributed by atoms with E-state index < -0.39 is 0 Å². The van der Waals surface area contributed by atoms with Gasteiger partial charge in [0.1, 0.15) is 12.6 Å². The summed E-state index contributed by atoms with van der Waals surface area (Å²) in [4.78, 5) is 15.7. The number of hydrogen-bond acceptors (Lipinski definition) is 6. The maximum absolute atomic E-state index is 11.5. The Morgan fingerprint density at radius 2 is 2.20 bits per heavy atom. The number of rotatable bonds is 6. The van der Waals surface area contributed by atoms with Crippen LogP contribution in [0.2, 0.25) is 0 Å². The molecule has 0 bridgehead atoms. The third-order valence-electron chi connectivity index (χ3n) is 2.60. The third kappa shape index (κ3) is 3.74. The molecule has 0 aliphatic heterocycles. The minimum atomic E-state index is -0.240. The number of hydrogen-bond donors (Lipinski definition) is 0. The molecule has 2 aromatic rings. The maximum atomic E-state index is 11.5. The Bertz CT molecular complexity index is 605. The van der Waals surface area contributed by atoms with Crippen molar-refractivity contribution < 1.29 is 9.26 Å². The first-order valence-corrected chi connectivity index (χ1v) is 6.52. The van der Waals surface area contributed by atoms with Gasteiger partial charge in [0.25, 0.3) is 5.56 Å². The zero-order valence-electron chi connectivity index (χ0n) is 11.8. The largest absolute Gasteiger partial charge is 0.370 e. The van der Waals surface area contributed by atoms with Gasteiger partial charge >= 0.3 is 0 Å². The topological polar surface area (TPSA) is 83.0 Å². The molecule has 108 valence electrons. The summed E-state index contributed by atoms with van der Waals surface area (Å²) in [5, 5.41) is 7.80. The van der Waals surface area contributed by atoms with Gasteiger partial charge in [0, 0.05) is 18.9 Å². The molecule has 20 heavy (non-hydrogen) atoms. The van der Waals surface area contributed by atoms with E-state index in [1.165, 1.54) is 16.9 Å². The molecule has 0 spiro atoms. The molecule has 2 heterocycles. The molecule has 0 aromatic carbocycles. The molecule has 0 unspecified atom stereocenters. The van der Waals surface area contributed by atoms with E-state index in [1.807, 2.05) is 6.92 Å². The van der Waals surface area contributed by atoms with E-state index >= 15 is 0 Å². The van der Waals surface area contributed by atoms with Gasteiger partial charge in [-0.05, 0) is 18.9 Å². The number of nitrogens with zero attached hydrogens (tertiary/aromatic N) is 4. The monoisotopic (exact) mass is 278 g/mol. The summed E-state index contributed by atoms with van der Waals surface area (Å²) in [6.07, 6.45) is 1.29. The van der Waals surface area contributed by atoms with Crippen LogP contribution < -0.4 is 5.56 Å². The van der Waals surface area contributed by atoms with Crippen LogP contribution in [0, 0.1) is 5.92 Å². The van der Waals surface area contributed by atoms with Crippen molar-refractivity contribution in [1.82, 2.24) is 19.9 Å². The Kier molecular flexibility index (Phi) is 4.62. The summed E-state index contributed by atoms with van der Waals surface area (Å²) in [5.41, 5.74) is -0.212. The molecular formula is C13H18N4O3. The van der Waals surface area contributed by atoms with E-state index in [9.17, 15) is 4.79 Å². The lowest BCUT2D eigenvalue weighted by atomic mass is 10.2. The highest BCUT2D eigenvalue weighted by Gasteiger charge is 2.15. The molecule has 0 saturated heterocycles. The smallest absolute Gasteiger partial charge is 0.267 e. The fourth-order valence-electron chi connectivity index (χ4n) is 1.54. The van der Waals surface area contributed by atoms with Crippen LogP contribution in [-0.4, -0.2) is 26.5 Å². The van der Waals surface area contributed by atoms with Crippen LogP contribution in [0.1, 0.15) is 38.6 Å². The van der Waals surface area contributed by atoms with E-state index in [0.717, 1.165) is 0 Å². The SMILES string of the molecule is CC(C)CO[C@@H](C)c1noc(Cn2ncccc2=O)n1. The molecule has 7 nitrogen and oxygen atoms in total. The van der Waals surface area contributed by atoms with Crippen molar-refractivity contribution in [2.75, 3.05) is 6.61 Å². The number of ether oxygens (including phenoxy) is 1. The van der Waals surface area contributed by atoms with Crippen LogP contribution in [0.4, 0.5) is 0 Å². The third-order valence-corrected chi connectivity index (χ3v) is 2.60. The van der Waals surface area contributed by atoms with Crippen molar-refractivity contribution >= 4 is 0 Å². The summed E-state index contributed by atoms with van der Waals surface area (Å²) in [5.74, 6) is 1.25. The van der Waals surface area contributed by atoms with Crippen molar-refractivity contribution in [1.29, 1.82) is 0 Å². The van der Waals surface area contributed by atoms with Gasteiger partial charge < -0.3 is 9.26 Å². The summed E-state index contributed by atoms with van der Waals surface area (Å²) < 4.78 is 12.0. The van der Waals surface area contributed by atoms with Crippen LogP contribution in [0.5, 0.6) is 0 Å². The van der Waals surface area contributed by atoms with E-state index in [4.69, 9.17) is 9.26 Å². The fraction of sp³-hybridized carbons (Fsp3) is 0.538. The van der Waals surface area contributed by atoms with E-state index in [-0.39, 0.29) is 18.2 Å². The first-order chi connectivity index (χ1) is 9.56. The predicted molar refractivity (Wildman–Crippen MR) is 71.1 cm³/mol. The van der Waals surface area contributed by atoms with Crippen molar-refractivity contribution in [3.05, 3.63) is 40.4 Å². The summed E-state index contributed by atoms with van der Waals surface area (Å²) in [7, 11) is 0. The van der Waals surface area contributed by atoms with Gasteiger partial charge in [-0.1, -0.05) is 19.0 Å². The van der Waals surface area contributed by atoms with Crippen molar-refractivity contribution in [2.45, 2.75) is 33.4 Å². The molecule has 0 N–H and O–H groups in total. The standard InChI is InChI=1S/C13H18N4O3/c1-9(2)8-19-10(3)13-15-11(20-16-13)7-17-12(18)5-4-6-14-17/h4-6,9-10H,7-8H2,1-3H3/t10-/m0/s1. The molecule has 1 atom stereocenters. The van der Waals surface area contributed by atoms with E-state index in [0.29, 0.717) is 24.2 Å². The normalized spacial score (nSPS) is 12.8. The first-order valence-electron chi connectivity index (χ1n) is 6.52. The zero-order chi connectivity index (χ0) is 14.5. The van der Waals surface area contributed by atoms with Gasteiger partial charge in [0.2, 0.25) is 5.89 Å². The minimum absolute atomic E-state index is 0.156. The van der Waals surface area contributed by atoms with Crippen LogP contribution in [0.15, 0.2) is 27.6 Å². The highest BCUT2D eigenvalue weighted by atomic mass is 16.5. The average molecular weight is 278 g/mol. The second-order valence-electron chi connectivity index (χ2n) is 4.94. The van der Waals surface area contributed by atoms with Gasteiger partial charge in [0.15, 0.2) is 5.82 Å². The van der Waals surface area contributed by atoms with Crippen molar-refractivity contribution in [3.8, 4) is 0 Å². The van der Waals surface area contributed by atoms with E-state index in [1.54, 1.807) is 6.07 Å². The molecule has 0 radical (unpaired) electrons. The zero-order valence-corrected chi connectivity index (χ0v) is 11.8. The van der Waals surface area contributed by atoms with Crippen LogP contribution in [0.3, 0.4) is 0 Å². The lowest BCUT2D eigenvalue weighted by Crippen LogP contribution is -2.21. The van der Waals surface area contributed by atoms with Gasteiger partial charge in [-0.3, -0.25) is 4.79 Å². The molecule has 2 aromatic heterocycles. The number of aromatic nitrogens is 4. The lowest BCUT2D eigenvalue weighted by molar-refractivity contribution is 0.0402. The summed E-state index contributed by atoms with van der Waals surface area (Å²) in [6, 6.07) is 3.01. The highest BCUT2D eigenvalue weighted by molar-refractivity contribution is 4.92. The quantitative estimate of drug-likeness (QED) is 0.794. The Balaban J connectivity index is 2.02. The Morgan fingerprint density at radius 3 is 2.90 bits per heavy atom. The van der Waals surface area contributed by atoms with Gasteiger partial charge in [-0.2, -0.15) is 10.1 Å². The Labute approximate surface area is 116 Å². The van der Waals surface area contributed by atoms with Gasteiger partial charge in [0.05, 0.1) is 0 Å². The maximum Gasteiger partial charge on any atom is 0.267 e. The molecule has 7 heteroatoms. The van der Waals surface area contributed by atoms with Crippen molar-refractivity contribution in [3.63, 3.8) is 0 Å². The van der Waals surface area contributed by atoms with Crippen LogP contribution in [0.25, 0.3) is 0 Å². The Hall–Kier alpha value is -2.02. The molecule has 0 fully saturated rings. The van der Waals surface area contributed by atoms with Crippen molar-refractivity contribution in [2.24, 2.45) is 5.92 Å². The average Bonchev–Trinajstić information content (AvgIpc) is 2.87. The predicted octanol–water partition coefficient (Wildman–Crippen LogP) is 1.41. The van der Waals surface area contributed by atoms with E-state index in [2.05, 4.69) is 29.1 Å². The molecular weight excluding hydrogens is 260 g/mol. The fourth-order valence-corrected chi connectivity index (χ4v) is 1.54. The summed E-state index contributed by atoms with van der Waals surface area (Å²) in [6.45, 7) is 6.79. The second-order valence-corrected chi connectivity index (χ2v) is 4.94. The van der Waals surface area contributed by atoms with Crippen LogP contribution in [-0.2, 0) is 11.3 Å². The Morgan fingerprint density at radius 1 is 1.40 bits per heavy atom. The van der Waals surface area contributed by atoms with Gasteiger partial charge in [-0.25, -0.2) is 4.68 Å². The highest BCUT2D eigenvalue weighted by Crippen LogP contribution is 2.14. The minimum Gasteiger partial charge on any atom is -0.370 e. The second kappa shape index (κ2) is 6.42. The molecule has 0 amide bonds. The molecule has 2 rings (SSSR count). The van der Waals surface area contributed by atoms with Gasteiger partial charge in [-0.15, -0.1) is 0 Å². The summed E-state index contributed by atoms with van der Waals surface area (Å²) >= 11 is 0. The lowest BCUT2D eigenvalue weighted by Gasteiger charge is -2.10. The van der Waals surface area contributed by atoms with Crippen LogP contribution >= 0.6 is 0 Å². The first kappa shape index (κ1) is 14.4. The molecule has 0 aliphatic carbocycles. The molecule has 0 saturated carbocycles. The molecule has 0 aliphatic rings.